The molecule has 4 rings (SSSR count). The lowest BCUT2D eigenvalue weighted by Crippen LogP contribution is -2.09. The molecule has 2 heteroatoms. The first-order chi connectivity index (χ1) is 12.8. The topological polar surface area (TPSA) is 3.24 Å². The van der Waals surface area contributed by atoms with Crippen LogP contribution in [0.15, 0.2) is 103 Å². The maximum absolute atomic E-state index is 3.69. The Labute approximate surface area is 163 Å². The second-order valence-electron chi connectivity index (χ2n) is 6.35. The Balaban J connectivity index is 1.71. The van der Waals surface area contributed by atoms with E-state index < -0.39 is 0 Å². The monoisotopic (exact) mass is 401 g/mol. The van der Waals surface area contributed by atoms with E-state index in [2.05, 4.69) is 124 Å². The van der Waals surface area contributed by atoms with Gasteiger partial charge >= 0.3 is 0 Å². The van der Waals surface area contributed by atoms with Crippen LogP contribution in [-0.4, -0.2) is 4.83 Å². The van der Waals surface area contributed by atoms with Gasteiger partial charge in [0.25, 0.3) is 0 Å². The number of halogens is 1. The lowest BCUT2D eigenvalue weighted by atomic mass is 9.97. The molecule has 0 saturated carbocycles. The molecule has 0 radical (unpaired) electrons. The first-order valence-electron chi connectivity index (χ1n) is 8.83. The molecule has 1 aliphatic rings. The molecule has 3 aromatic rings. The third kappa shape index (κ3) is 3.66. The summed E-state index contributed by atoms with van der Waals surface area (Å²) in [6, 6.07) is 29.8. The average Bonchev–Trinajstić information content (AvgIpc) is 2.70. The molecule has 0 bridgehead atoms. The Bertz CT molecular complexity index is 872. The van der Waals surface area contributed by atoms with Crippen molar-refractivity contribution < 1.29 is 0 Å². The number of rotatable bonds is 4. The minimum Gasteiger partial charge on any atom is -0.311 e. The maximum Gasteiger partial charge on any atom is 0.0462 e. The molecule has 0 amide bonds. The van der Waals surface area contributed by atoms with Crippen LogP contribution in [0.3, 0.4) is 0 Å². The predicted octanol–water partition coefficient (Wildman–Crippen LogP) is 7.26. The van der Waals surface area contributed by atoms with E-state index in [0.717, 1.165) is 23.5 Å². The summed E-state index contributed by atoms with van der Waals surface area (Å²) >= 11 is 3.69. The van der Waals surface area contributed by atoms with E-state index in [9.17, 15) is 0 Å². The molecule has 0 spiro atoms. The summed E-state index contributed by atoms with van der Waals surface area (Å²) in [6.07, 6.45) is 7.55. The van der Waals surface area contributed by atoms with Gasteiger partial charge in [-0.2, -0.15) is 0 Å². The SMILES string of the molecule is BrC1C=CC=C(c2ccc(N(c3ccccc3)c3ccccc3)cc2)C1. The fraction of sp³-hybridized carbons (Fsp3) is 0.0833. The summed E-state index contributed by atoms with van der Waals surface area (Å²) < 4.78 is 0. The number of hydrogen-bond donors (Lipinski definition) is 0. The molecule has 3 aromatic carbocycles. The summed E-state index contributed by atoms with van der Waals surface area (Å²) in [6.45, 7) is 0. The first-order valence-corrected chi connectivity index (χ1v) is 9.75. The van der Waals surface area contributed by atoms with E-state index in [1.165, 1.54) is 11.1 Å². The molecular weight excluding hydrogens is 382 g/mol. The predicted molar refractivity (Wildman–Crippen MR) is 116 cm³/mol. The smallest absolute Gasteiger partial charge is 0.0462 e. The first kappa shape index (κ1) is 16.9. The van der Waals surface area contributed by atoms with Crippen molar-refractivity contribution in [2.45, 2.75) is 11.2 Å². The fourth-order valence-electron chi connectivity index (χ4n) is 3.28. The highest BCUT2D eigenvalue weighted by molar-refractivity contribution is 9.09. The number of benzene rings is 3. The van der Waals surface area contributed by atoms with Crippen LogP contribution in [0.5, 0.6) is 0 Å². The van der Waals surface area contributed by atoms with Gasteiger partial charge in [-0.15, -0.1) is 0 Å². The lowest BCUT2D eigenvalue weighted by molar-refractivity contribution is 1.09. The normalized spacial score (nSPS) is 16.2. The van der Waals surface area contributed by atoms with Crippen LogP contribution >= 0.6 is 15.9 Å². The minimum absolute atomic E-state index is 0.423. The van der Waals surface area contributed by atoms with Gasteiger partial charge < -0.3 is 4.90 Å². The Hall–Kier alpha value is -2.58. The number of para-hydroxylation sites is 2. The third-order valence-electron chi connectivity index (χ3n) is 4.56. The number of hydrogen-bond acceptors (Lipinski definition) is 1. The Kier molecular flexibility index (Phi) is 5.03. The Morgan fingerprint density at radius 2 is 1.23 bits per heavy atom. The number of anilines is 3. The molecule has 26 heavy (non-hydrogen) atoms. The van der Waals surface area contributed by atoms with Gasteiger partial charge in [-0.25, -0.2) is 0 Å². The Morgan fingerprint density at radius 1 is 0.692 bits per heavy atom. The largest absolute Gasteiger partial charge is 0.311 e. The van der Waals surface area contributed by atoms with Crippen LogP contribution in [0.2, 0.25) is 0 Å². The highest BCUT2D eigenvalue weighted by Gasteiger charge is 2.13. The van der Waals surface area contributed by atoms with E-state index in [4.69, 9.17) is 0 Å². The van der Waals surface area contributed by atoms with E-state index in [1.807, 2.05) is 0 Å². The van der Waals surface area contributed by atoms with Crippen molar-refractivity contribution in [1.29, 1.82) is 0 Å². The van der Waals surface area contributed by atoms with Crippen LogP contribution in [0, 0.1) is 0 Å². The van der Waals surface area contributed by atoms with Gasteiger partial charge in [-0.05, 0) is 54.0 Å². The minimum atomic E-state index is 0.423. The molecule has 0 N–H and O–H groups in total. The Morgan fingerprint density at radius 3 is 1.77 bits per heavy atom. The molecule has 1 unspecified atom stereocenters. The highest BCUT2D eigenvalue weighted by atomic mass is 79.9. The fourth-order valence-corrected chi connectivity index (χ4v) is 3.80. The molecule has 0 aromatic heterocycles. The molecule has 0 saturated heterocycles. The quantitative estimate of drug-likeness (QED) is 0.415. The van der Waals surface area contributed by atoms with Gasteiger partial charge in [0, 0.05) is 21.9 Å². The summed E-state index contributed by atoms with van der Waals surface area (Å²) in [5, 5.41) is 0. The molecule has 1 nitrogen and oxygen atoms in total. The second kappa shape index (κ2) is 7.76. The zero-order valence-electron chi connectivity index (χ0n) is 14.4. The molecule has 1 atom stereocenters. The van der Waals surface area contributed by atoms with Gasteiger partial charge in [0.15, 0.2) is 0 Å². The van der Waals surface area contributed by atoms with Crippen molar-refractivity contribution >= 4 is 38.6 Å². The molecule has 0 heterocycles. The van der Waals surface area contributed by atoms with Crippen molar-refractivity contribution in [3.05, 3.63) is 109 Å². The van der Waals surface area contributed by atoms with E-state index in [1.54, 1.807) is 0 Å². The van der Waals surface area contributed by atoms with Crippen molar-refractivity contribution in [1.82, 2.24) is 0 Å². The zero-order valence-corrected chi connectivity index (χ0v) is 16.0. The van der Waals surface area contributed by atoms with Crippen LogP contribution in [0.4, 0.5) is 17.1 Å². The number of alkyl halides is 1. The zero-order chi connectivity index (χ0) is 17.8. The van der Waals surface area contributed by atoms with E-state index >= 15 is 0 Å². The molecule has 0 aliphatic heterocycles. The van der Waals surface area contributed by atoms with Crippen molar-refractivity contribution in [2.24, 2.45) is 0 Å². The highest BCUT2D eigenvalue weighted by Crippen LogP contribution is 2.35. The summed E-state index contributed by atoms with van der Waals surface area (Å²) in [7, 11) is 0. The molecule has 0 fully saturated rings. The molecule has 1 aliphatic carbocycles. The standard InChI is InChI=1S/C24H20BrN/c25-21-9-7-8-20(18-21)19-14-16-24(17-15-19)26(22-10-3-1-4-11-22)23-12-5-2-6-13-23/h1-17,21H,18H2. The van der Waals surface area contributed by atoms with Gasteiger partial charge in [-0.3, -0.25) is 0 Å². The lowest BCUT2D eigenvalue weighted by Gasteiger charge is -2.25. The molecular formula is C24H20BrN. The van der Waals surface area contributed by atoms with Crippen LogP contribution in [-0.2, 0) is 0 Å². The summed E-state index contributed by atoms with van der Waals surface area (Å²) in [4.78, 5) is 2.71. The summed E-state index contributed by atoms with van der Waals surface area (Å²) in [5.74, 6) is 0. The van der Waals surface area contributed by atoms with Gasteiger partial charge in [0.2, 0.25) is 0 Å². The molecule has 128 valence electrons. The van der Waals surface area contributed by atoms with Gasteiger partial charge in [-0.1, -0.05) is 82.7 Å². The van der Waals surface area contributed by atoms with Crippen molar-refractivity contribution in [2.75, 3.05) is 4.90 Å². The third-order valence-corrected chi connectivity index (χ3v) is 5.19. The van der Waals surface area contributed by atoms with Crippen molar-refractivity contribution in [3.63, 3.8) is 0 Å². The maximum atomic E-state index is 3.69. The number of nitrogens with zero attached hydrogens (tertiary/aromatic N) is 1. The van der Waals surface area contributed by atoms with E-state index in [0.29, 0.717) is 4.83 Å². The van der Waals surface area contributed by atoms with Crippen LogP contribution < -0.4 is 4.90 Å². The van der Waals surface area contributed by atoms with Gasteiger partial charge in [0.05, 0.1) is 0 Å². The van der Waals surface area contributed by atoms with Crippen LogP contribution in [0.25, 0.3) is 5.57 Å². The average molecular weight is 402 g/mol. The van der Waals surface area contributed by atoms with E-state index in [-0.39, 0.29) is 0 Å². The second-order valence-corrected chi connectivity index (χ2v) is 7.53. The van der Waals surface area contributed by atoms with Gasteiger partial charge in [0.1, 0.15) is 0 Å². The van der Waals surface area contributed by atoms with Crippen molar-refractivity contribution in [3.8, 4) is 0 Å². The summed E-state index contributed by atoms with van der Waals surface area (Å²) in [5.41, 5.74) is 6.13. The number of allylic oxidation sites excluding steroid dienone is 4. The van der Waals surface area contributed by atoms with Crippen LogP contribution in [0.1, 0.15) is 12.0 Å².